The monoisotopic (exact) mass is 1300 g/mol. The zero-order chi connectivity index (χ0) is 67.1. The lowest BCUT2D eigenvalue weighted by Crippen LogP contribution is -2.53. The Hall–Kier alpha value is -8.22. The largest absolute Gasteiger partial charge is 0.465 e. The third kappa shape index (κ3) is 15.6. The minimum Gasteiger partial charge on any atom is -0.465 e. The topological polar surface area (TPSA) is 168 Å². The fraction of sp³-hybridized carbons (Fsp3) is 0.423. The van der Waals surface area contributed by atoms with Crippen molar-refractivity contribution < 1.29 is 69.3 Å². The van der Waals surface area contributed by atoms with E-state index in [4.69, 9.17) is 9.47 Å². The number of carbonyl (C=O) groups is 5. The van der Waals surface area contributed by atoms with Gasteiger partial charge < -0.3 is 49.7 Å². The van der Waals surface area contributed by atoms with Crippen molar-refractivity contribution in [2.24, 2.45) is 0 Å². The highest BCUT2D eigenvalue weighted by molar-refractivity contribution is 5.96. The zero-order valence-electron chi connectivity index (χ0n) is 53.0. The molecule has 0 bridgehead atoms. The predicted molar refractivity (Wildman–Crippen MR) is 342 cm³/mol. The Morgan fingerprint density at radius 1 is 0.745 bits per heavy atom. The summed E-state index contributed by atoms with van der Waals surface area (Å²) in [6, 6.07) is 37.2. The standard InChI is InChI=1S/C71H79F7N8O8/c1-47(64(88)60(79-2)43-84-34-27-57(28-35-84)86(67(91)92)61-18-11-9-16-58(61)48-13-6-5-7-14-48)80-56-25-19-49(20-26-56)65(89)82(4)33-12-32-81(3)63(87)44-93-62-41-50-15-8-10-17-59(50)68(62)29-36-83(37-30-68)38-31-69(52-21-23-55(72)24-22-52)45-85(46-94-69)66(90)51-39-53(70(73,74)75)42-54(40-51)71(76,77)78/h5-11,13-26,39-40,42,47,57,60,62,79-80H,12,27-38,41,43-46H2,1-4H3,(H,91,92)/t47-,60?,62-,69+/m0/s1. The number of hydrogen-bond donors (Lipinski definition) is 3. The molecule has 500 valence electrons. The highest BCUT2D eigenvalue weighted by Crippen LogP contribution is 2.49. The molecule has 23 heteroatoms. The molecule has 4 atom stereocenters. The zero-order valence-corrected chi connectivity index (χ0v) is 53.0. The van der Waals surface area contributed by atoms with Crippen molar-refractivity contribution in [1.29, 1.82) is 0 Å². The van der Waals surface area contributed by atoms with Crippen LogP contribution in [0.1, 0.15) is 94.0 Å². The number of ketones is 1. The third-order valence-electron chi connectivity index (χ3n) is 19.2. The summed E-state index contributed by atoms with van der Waals surface area (Å²) >= 11 is 0. The predicted octanol–water partition coefficient (Wildman–Crippen LogP) is 11.4. The van der Waals surface area contributed by atoms with Gasteiger partial charge in [-0.1, -0.05) is 84.9 Å². The summed E-state index contributed by atoms with van der Waals surface area (Å²) in [5.41, 5.74) is 0.595. The van der Waals surface area contributed by atoms with Gasteiger partial charge in [-0.15, -0.1) is 0 Å². The van der Waals surface area contributed by atoms with Crippen LogP contribution < -0.4 is 15.5 Å². The number of carbonyl (C=O) groups excluding carboxylic acids is 4. The molecule has 6 aromatic carbocycles. The van der Waals surface area contributed by atoms with Crippen LogP contribution in [-0.2, 0) is 48.9 Å². The van der Waals surface area contributed by atoms with Gasteiger partial charge in [0.15, 0.2) is 5.78 Å². The molecule has 4 amide bonds. The maximum Gasteiger partial charge on any atom is 0.416 e. The molecule has 1 aliphatic carbocycles. The molecule has 3 heterocycles. The van der Waals surface area contributed by atoms with Gasteiger partial charge in [-0.2, -0.15) is 26.3 Å². The lowest BCUT2D eigenvalue weighted by Gasteiger charge is -2.44. The van der Waals surface area contributed by atoms with E-state index in [0.29, 0.717) is 126 Å². The number of piperidine rings is 2. The van der Waals surface area contributed by atoms with E-state index in [-0.39, 0.29) is 55.4 Å². The molecular formula is C71H79F7N8O8. The molecule has 3 N–H and O–H groups in total. The summed E-state index contributed by atoms with van der Waals surface area (Å²) in [6.45, 7) is 4.99. The van der Waals surface area contributed by atoms with Crippen molar-refractivity contribution in [3.63, 3.8) is 0 Å². The molecule has 3 saturated heterocycles. The molecule has 4 aliphatic rings. The Labute approximate surface area is 542 Å². The molecule has 0 aromatic heterocycles. The number of anilines is 2. The lowest BCUT2D eigenvalue weighted by atomic mass is 9.72. The Kier molecular flexibility index (Phi) is 21.3. The van der Waals surface area contributed by atoms with Crippen LogP contribution in [0, 0.1) is 5.82 Å². The number of likely N-dealkylation sites (N-methyl/N-ethyl adjacent to an activating group) is 2. The summed E-state index contributed by atoms with van der Waals surface area (Å²) < 4.78 is 110. The summed E-state index contributed by atoms with van der Waals surface area (Å²) in [5, 5.41) is 16.9. The van der Waals surface area contributed by atoms with Gasteiger partial charge in [-0.05, 0) is 155 Å². The maximum absolute atomic E-state index is 14.3. The number of carboxylic acid groups (broad SMARTS) is 1. The Balaban J connectivity index is 0.671. The summed E-state index contributed by atoms with van der Waals surface area (Å²) in [4.78, 5) is 77.8. The number of alkyl halides is 6. The van der Waals surface area contributed by atoms with E-state index in [1.54, 1.807) is 62.1 Å². The molecule has 0 radical (unpaired) electrons. The minimum absolute atomic E-state index is 0.0327. The van der Waals surface area contributed by atoms with Crippen molar-refractivity contribution in [3.8, 4) is 11.1 Å². The molecule has 1 unspecified atom stereocenters. The van der Waals surface area contributed by atoms with E-state index in [1.165, 1.54) is 29.2 Å². The average molecular weight is 1310 g/mol. The van der Waals surface area contributed by atoms with Gasteiger partial charge in [0.2, 0.25) is 5.91 Å². The Morgan fingerprint density at radius 2 is 1.37 bits per heavy atom. The molecule has 0 saturated carbocycles. The second kappa shape index (κ2) is 29.2. The van der Waals surface area contributed by atoms with Crippen LogP contribution in [-0.4, -0.2) is 177 Å². The first kappa shape index (κ1) is 68.6. The van der Waals surface area contributed by atoms with Crippen molar-refractivity contribution in [3.05, 3.63) is 190 Å². The van der Waals surface area contributed by atoms with Crippen molar-refractivity contribution in [2.45, 2.75) is 99.5 Å². The number of fused-ring (bicyclic) bond motifs is 2. The average Bonchev–Trinajstić information content (AvgIpc) is 1.57. The van der Waals surface area contributed by atoms with Crippen molar-refractivity contribution in [1.82, 2.24) is 29.8 Å². The molecule has 6 aromatic rings. The molecule has 10 rings (SSSR count). The number of ether oxygens (including phenoxy) is 2. The number of rotatable bonds is 23. The molecule has 3 aliphatic heterocycles. The molecule has 3 fully saturated rings. The lowest BCUT2D eigenvalue weighted by molar-refractivity contribution is -0.143. The van der Waals surface area contributed by atoms with Crippen LogP contribution in [0.3, 0.4) is 0 Å². The number of Topliss-reactive ketones (excluding diaryl/α,β-unsaturated/α-hetero) is 1. The minimum atomic E-state index is -5.15. The van der Waals surface area contributed by atoms with Gasteiger partial charge in [0.1, 0.15) is 24.8 Å². The van der Waals surface area contributed by atoms with Crippen molar-refractivity contribution >= 4 is 41.0 Å². The van der Waals surface area contributed by atoms with Crippen molar-refractivity contribution in [2.75, 3.05) is 104 Å². The summed E-state index contributed by atoms with van der Waals surface area (Å²) in [7, 11) is 5.16. The number of benzene rings is 6. The number of amides is 4. The fourth-order valence-electron chi connectivity index (χ4n) is 13.8. The molecule has 94 heavy (non-hydrogen) atoms. The van der Waals surface area contributed by atoms with E-state index in [2.05, 4.69) is 32.6 Å². The van der Waals surface area contributed by atoms with Gasteiger partial charge in [0.25, 0.3) is 11.8 Å². The maximum atomic E-state index is 14.3. The SMILES string of the molecule is CNC(CN1CCC(N(C(=O)O)c2ccccc2-c2ccccc2)CC1)C(=O)[C@H](C)Nc1ccc(C(=O)N(C)CCCN(C)C(=O)CO[C@H]2Cc3ccccc3C23CCN(CC[C@]2(c4ccc(F)cc4)CN(C(=O)c4cc(C(F)(F)F)cc(C(F)(F)F)c4)CO2)CC3)cc1. The number of nitrogens with zero attached hydrogens (tertiary/aromatic N) is 6. The van der Waals surface area contributed by atoms with Crippen LogP contribution in [0.15, 0.2) is 146 Å². The van der Waals surface area contributed by atoms with E-state index in [0.717, 1.165) is 27.2 Å². The molecule has 16 nitrogen and oxygen atoms in total. The second-order valence-electron chi connectivity index (χ2n) is 25.1. The molecular weight excluding hydrogens is 1230 g/mol. The third-order valence-corrected chi connectivity index (χ3v) is 19.2. The number of nitrogens with one attached hydrogen (secondary N) is 2. The van der Waals surface area contributed by atoms with Gasteiger partial charge >= 0.3 is 18.4 Å². The highest BCUT2D eigenvalue weighted by atomic mass is 19.4. The van der Waals surface area contributed by atoms with Crippen LogP contribution in [0.25, 0.3) is 11.1 Å². The van der Waals surface area contributed by atoms with Gasteiger partial charge in [-0.25, -0.2) is 9.18 Å². The summed E-state index contributed by atoms with van der Waals surface area (Å²) in [6.07, 6.45) is -7.77. The van der Waals surface area contributed by atoms with Gasteiger partial charge in [0.05, 0.1) is 41.5 Å². The number of para-hydroxylation sites is 1. The first-order chi connectivity index (χ1) is 44.9. The first-order valence-electron chi connectivity index (χ1n) is 31.7. The van der Waals surface area contributed by atoms with Crippen LogP contribution >= 0.6 is 0 Å². The van der Waals surface area contributed by atoms with Gasteiger partial charge in [-0.3, -0.25) is 24.1 Å². The number of hydrogen-bond acceptors (Lipinski definition) is 11. The number of likely N-dealkylation sites (tertiary alicyclic amines) is 2. The van der Waals surface area contributed by atoms with Gasteiger partial charge in [0, 0.05) is 87.2 Å². The summed E-state index contributed by atoms with van der Waals surface area (Å²) in [5.74, 6) is -2.08. The molecule has 1 spiro atoms. The van der Waals surface area contributed by atoms with Crippen LogP contribution in [0.4, 0.5) is 46.9 Å². The quantitative estimate of drug-likeness (QED) is 0.0520. The normalized spacial score (nSPS) is 19.1. The Bertz CT molecular complexity index is 3610. The second-order valence-corrected chi connectivity index (χ2v) is 25.1. The van der Waals surface area contributed by atoms with E-state index < -0.39 is 76.7 Å². The van der Waals surface area contributed by atoms with E-state index in [9.17, 15) is 59.8 Å². The van der Waals surface area contributed by atoms with E-state index in [1.807, 2.05) is 66.7 Å². The van der Waals surface area contributed by atoms with Crippen LogP contribution in [0.2, 0.25) is 0 Å². The van der Waals surface area contributed by atoms with E-state index >= 15 is 0 Å². The highest BCUT2D eigenvalue weighted by Gasteiger charge is 2.50. The number of halogens is 7. The fourth-order valence-corrected chi connectivity index (χ4v) is 13.8. The Morgan fingerprint density at radius 3 is 2.02 bits per heavy atom. The van der Waals surface area contributed by atoms with Crippen LogP contribution in [0.5, 0.6) is 0 Å². The smallest absolute Gasteiger partial charge is 0.416 e. The first-order valence-corrected chi connectivity index (χ1v) is 31.7.